The van der Waals surface area contributed by atoms with Crippen molar-refractivity contribution in [3.05, 3.63) is 29.3 Å². The molecule has 0 aliphatic rings. The molecule has 19 heavy (non-hydrogen) atoms. The van der Waals surface area contributed by atoms with Crippen LogP contribution in [0.2, 0.25) is 5.02 Å². The van der Waals surface area contributed by atoms with Crippen molar-refractivity contribution in [2.24, 2.45) is 0 Å². The van der Waals surface area contributed by atoms with Crippen LogP contribution in [0.25, 0.3) is 0 Å². The maximum atomic E-state index is 11.9. The minimum absolute atomic E-state index is 0.129. The van der Waals surface area contributed by atoms with E-state index in [1.54, 1.807) is 12.1 Å². The number of halogens is 1. The van der Waals surface area contributed by atoms with Crippen LogP contribution >= 0.6 is 23.4 Å². The van der Waals surface area contributed by atoms with E-state index in [9.17, 15) is 4.79 Å². The number of nitrogens with one attached hydrogen (secondary N) is 1. The van der Waals surface area contributed by atoms with E-state index in [1.165, 1.54) is 18.9 Å². The monoisotopic (exact) mass is 303 g/mol. The SMILES string of the molecule is COCC(CO)NC(=O)C(C)Sc1ccc(Cl)cc1. The van der Waals surface area contributed by atoms with Crippen molar-refractivity contribution in [3.63, 3.8) is 0 Å². The maximum Gasteiger partial charge on any atom is 0.233 e. The molecule has 0 aliphatic carbocycles. The van der Waals surface area contributed by atoms with Gasteiger partial charge in [0.1, 0.15) is 0 Å². The van der Waals surface area contributed by atoms with Gasteiger partial charge >= 0.3 is 0 Å². The standard InChI is InChI=1S/C13H18ClNO3S/c1-9(13(17)15-11(7-16)8-18-2)19-12-5-3-10(14)4-6-12/h3-6,9,11,16H,7-8H2,1-2H3,(H,15,17). The van der Waals surface area contributed by atoms with Gasteiger partial charge in [-0.2, -0.15) is 0 Å². The van der Waals surface area contributed by atoms with Crippen LogP contribution in [0.15, 0.2) is 29.2 Å². The second-order valence-corrected chi connectivity index (χ2v) is 5.91. The quantitative estimate of drug-likeness (QED) is 0.756. The Morgan fingerprint density at radius 2 is 2.11 bits per heavy atom. The molecule has 0 heterocycles. The number of ether oxygens (including phenoxy) is 1. The summed E-state index contributed by atoms with van der Waals surface area (Å²) in [6, 6.07) is 6.95. The summed E-state index contributed by atoms with van der Waals surface area (Å²) in [6.45, 7) is 1.97. The molecule has 0 bridgehead atoms. The molecule has 0 saturated heterocycles. The number of aliphatic hydroxyl groups excluding tert-OH is 1. The van der Waals surface area contributed by atoms with Gasteiger partial charge in [0.15, 0.2) is 0 Å². The van der Waals surface area contributed by atoms with Crippen LogP contribution in [-0.4, -0.2) is 42.6 Å². The predicted octanol–water partition coefficient (Wildman–Crippen LogP) is 1.94. The molecule has 2 unspecified atom stereocenters. The molecular formula is C13H18ClNO3S. The summed E-state index contributed by atoms with van der Waals surface area (Å²) in [6.07, 6.45) is 0. The number of aliphatic hydroxyl groups is 1. The van der Waals surface area contributed by atoms with E-state index in [0.29, 0.717) is 11.6 Å². The lowest BCUT2D eigenvalue weighted by Gasteiger charge is -2.18. The number of benzene rings is 1. The second kappa shape index (κ2) is 8.43. The smallest absolute Gasteiger partial charge is 0.233 e. The van der Waals surface area contributed by atoms with Crippen LogP contribution < -0.4 is 5.32 Å². The first-order chi connectivity index (χ1) is 9.06. The lowest BCUT2D eigenvalue weighted by molar-refractivity contribution is -0.121. The van der Waals surface area contributed by atoms with Gasteiger partial charge in [-0.05, 0) is 31.2 Å². The largest absolute Gasteiger partial charge is 0.394 e. The summed E-state index contributed by atoms with van der Waals surface area (Å²) in [7, 11) is 1.53. The maximum absolute atomic E-state index is 11.9. The molecule has 1 aromatic rings. The lowest BCUT2D eigenvalue weighted by Crippen LogP contribution is -2.43. The molecule has 0 saturated carbocycles. The summed E-state index contributed by atoms with van der Waals surface area (Å²) in [4.78, 5) is 12.9. The lowest BCUT2D eigenvalue weighted by atomic mass is 10.3. The fourth-order valence-corrected chi connectivity index (χ4v) is 2.43. The Labute approximate surface area is 122 Å². The summed E-state index contributed by atoms with van der Waals surface area (Å²) in [5.41, 5.74) is 0. The highest BCUT2D eigenvalue weighted by atomic mass is 35.5. The van der Waals surface area contributed by atoms with Crippen LogP contribution in [0.5, 0.6) is 0 Å². The highest BCUT2D eigenvalue weighted by molar-refractivity contribution is 8.00. The van der Waals surface area contributed by atoms with Crippen molar-refractivity contribution in [2.75, 3.05) is 20.3 Å². The minimum Gasteiger partial charge on any atom is -0.394 e. The van der Waals surface area contributed by atoms with Gasteiger partial charge < -0.3 is 15.2 Å². The Morgan fingerprint density at radius 3 is 2.63 bits per heavy atom. The van der Waals surface area contributed by atoms with Crippen LogP contribution in [0, 0.1) is 0 Å². The Morgan fingerprint density at radius 1 is 1.47 bits per heavy atom. The summed E-state index contributed by atoms with van der Waals surface area (Å²) >= 11 is 7.24. The Balaban J connectivity index is 2.50. The van der Waals surface area contributed by atoms with Crippen molar-refractivity contribution < 1.29 is 14.6 Å². The fraction of sp³-hybridized carbons (Fsp3) is 0.462. The summed E-state index contributed by atoms with van der Waals surface area (Å²) < 4.78 is 4.91. The first kappa shape index (κ1) is 16.3. The number of carbonyl (C=O) groups is 1. The molecule has 6 heteroatoms. The molecule has 0 fully saturated rings. The van der Waals surface area contributed by atoms with Gasteiger partial charge in [-0.1, -0.05) is 11.6 Å². The number of methoxy groups -OCH3 is 1. The molecule has 1 amide bonds. The number of thioether (sulfide) groups is 1. The Hall–Kier alpha value is -0.750. The van der Waals surface area contributed by atoms with Gasteiger partial charge in [0, 0.05) is 17.0 Å². The minimum atomic E-state index is -0.370. The van der Waals surface area contributed by atoms with Gasteiger partial charge in [0.05, 0.1) is 24.5 Å². The first-order valence-electron chi connectivity index (χ1n) is 5.89. The van der Waals surface area contributed by atoms with Crippen LogP contribution in [-0.2, 0) is 9.53 Å². The summed E-state index contributed by atoms with van der Waals surface area (Å²) in [5, 5.41) is 12.2. The van der Waals surface area contributed by atoms with Crippen LogP contribution in [0.4, 0.5) is 0 Å². The predicted molar refractivity (Wildman–Crippen MR) is 77.7 cm³/mol. The normalized spacial score (nSPS) is 13.9. The highest BCUT2D eigenvalue weighted by Gasteiger charge is 2.18. The van der Waals surface area contributed by atoms with E-state index in [2.05, 4.69) is 5.32 Å². The molecular weight excluding hydrogens is 286 g/mol. The molecule has 1 rings (SSSR count). The van der Waals surface area contributed by atoms with Crippen LogP contribution in [0.3, 0.4) is 0 Å². The van der Waals surface area contributed by atoms with E-state index < -0.39 is 0 Å². The van der Waals surface area contributed by atoms with Crippen LogP contribution in [0.1, 0.15) is 6.92 Å². The van der Waals surface area contributed by atoms with Gasteiger partial charge in [0.2, 0.25) is 5.91 Å². The zero-order valence-electron chi connectivity index (χ0n) is 10.9. The Bertz CT molecular complexity index is 399. The third-order valence-electron chi connectivity index (χ3n) is 2.43. The molecule has 106 valence electrons. The molecule has 1 aromatic carbocycles. The van der Waals surface area contributed by atoms with Gasteiger partial charge in [0.25, 0.3) is 0 Å². The van der Waals surface area contributed by atoms with Gasteiger partial charge in [-0.25, -0.2) is 0 Å². The topological polar surface area (TPSA) is 58.6 Å². The average molecular weight is 304 g/mol. The zero-order valence-corrected chi connectivity index (χ0v) is 12.5. The van der Waals surface area contributed by atoms with Crippen molar-refractivity contribution in [1.29, 1.82) is 0 Å². The van der Waals surface area contributed by atoms with Crippen molar-refractivity contribution >= 4 is 29.3 Å². The molecule has 4 nitrogen and oxygen atoms in total. The van der Waals surface area contributed by atoms with Crippen molar-refractivity contribution in [2.45, 2.75) is 23.1 Å². The van der Waals surface area contributed by atoms with Gasteiger partial charge in [-0.15, -0.1) is 11.8 Å². The number of hydrogen-bond donors (Lipinski definition) is 2. The van der Waals surface area contributed by atoms with E-state index in [1.807, 2.05) is 19.1 Å². The molecule has 2 atom stereocenters. The molecule has 0 spiro atoms. The number of hydrogen-bond acceptors (Lipinski definition) is 4. The van der Waals surface area contributed by atoms with Crippen molar-refractivity contribution in [3.8, 4) is 0 Å². The first-order valence-corrected chi connectivity index (χ1v) is 7.15. The fourth-order valence-electron chi connectivity index (χ4n) is 1.43. The number of rotatable bonds is 7. The molecule has 2 N–H and O–H groups in total. The Kier molecular flexibility index (Phi) is 7.23. The zero-order chi connectivity index (χ0) is 14.3. The molecule has 0 aromatic heterocycles. The van der Waals surface area contributed by atoms with Crippen molar-refractivity contribution in [1.82, 2.24) is 5.32 Å². The third-order valence-corrected chi connectivity index (χ3v) is 3.79. The molecule has 0 aliphatic heterocycles. The van der Waals surface area contributed by atoms with E-state index in [-0.39, 0.29) is 23.8 Å². The van der Waals surface area contributed by atoms with Gasteiger partial charge in [-0.3, -0.25) is 4.79 Å². The van der Waals surface area contributed by atoms with E-state index in [0.717, 1.165) is 4.90 Å². The third kappa shape index (κ3) is 5.82. The number of amides is 1. The summed E-state index contributed by atoms with van der Waals surface area (Å²) in [5.74, 6) is -0.129. The number of carbonyl (C=O) groups excluding carboxylic acids is 1. The molecule has 0 radical (unpaired) electrons. The van der Waals surface area contributed by atoms with E-state index in [4.69, 9.17) is 21.4 Å². The van der Waals surface area contributed by atoms with E-state index >= 15 is 0 Å². The second-order valence-electron chi connectivity index (χ2n) is 4.06. The highest BCUT2D eigenvalue weighted by Crippen LogP contribution is 2.24. The average Bonchev–Trinajstić information content (AvgIpc) is 2.40.